The molecule has 0 aromatic heterocycles. The second kappa shape index (κ2) is 11.4. The predicted octanol–water partition coefficient (Wildman–Crippen LogP) is 2.25. The maximum atomic E-state index is 5.71. The third-order valence-electron chi connectivity index (χ3n) is 2.78. The number of hydrogen-bond donors (Lipinski definition) is 1. The van der Waals surface area contributed by atoms with E-state index in [0.717, 1.165) is 13.2 Å². The van der Waals surface area contributed by atoms with Gasteiger partial charge < -0.3 is 15.4 Å². The minimum absolute atomic E-state index is 0.207. The topological polar surface area (TPSA) is 38.5 Å². The van der Waals surface area contributed by atoms with Gasteiger partial charge in [-0.25, -0.2) is 0 Å². The highest BCUT2D eigenvalue weighted by Crippen LogP contribution is 2.02. The Bertz CT molecular complexity index is 134. The highest BCUT2D eigenvalue weighted by molar-refractivity contribution is 4.67. The number of nitrogens with two attached hydrogens (primary N) is 1. The lowest BCUT2D eigenvalue weighted by Gasteiger charge is -2.26. The summed E-state index contributed by atoms with van der Waals surface area (Å²) in [6, 6.07) is 0. The van der Waals surface area contributed by atoms with E-state index in [-0.39, 0.29) is 6.10 Å². The predicted molar refractivity (Wildman–Crippen MR) is 70.7 cm³/mol. The summed E-state index contributed by atoms with van der Waals surface area (Å²) in [5.74, 6) is 0. The summed E-state index contributed by atoms with van der Waals surface area (Å²) in [4.78, 5) is 2.50. The quantitative estimate of drug-likeness (QED) is 0.591. The summed E-state index contributed by atoms with van der Waals surface area (Å²) in [5, 5.41) is 0. The molecule has 0 heterocycles. The molecule has 0 aliphatic carbocycles. The molecule has 0 bridgehead atoms. The smallest absolute Gasteiger partial charge is 0.0823 e. The molecule has 3 heteroatoms. The van der Waals surface area contributed by atoms with Crippen molar-refractivity contribution in [3.63, 3.8) is 0 Å². The van der Waals surface area contributed by atoms with Gasteiger partial charge in [0.2, 0.25) is 0 Å². The van der Waals surface area contributed by atoms with Gasteiger partial charge in [-0.2, -0.15) is 0 Å². The van der Waals surface area contributed by atoms with Crippen molar-refractivity contribution in [2.24, 2.45) is 5.73 Å². The van der Waals surface area contributed by atoms with Gasteiger partial charge in [-0.15, -0.1) is 0 Å². The molecule has 0 spiro atoms. The van der Waals surface area contributed by atoms with E-state index < -0.39 is 0 Å². The molecule has 0 aromatic carbocycles. The van der Waals surface area contributed by atoms with E-state index in [0.29, 0.717) is 6.54 Å². The molecule has 16 heavy (non-hydrogen) atoms. The summed E-state index contributed by atoms with van der Waals surface area (Å²) in [7, 11) is 0. The van der Waals surface area contributed by atoms with Crippen molar-refractivity contribution in [3.8, 4) is 0 Å². The third kappa shape index (κ3) is 8.08. The summed E-state index contributed by atoms with van der Waals surface area (Å²) in [6.45, 7) is 11.2. The first kappa shape index (κ1) is 15.9. The molecule has 0 saturated carbocycles. The second-order valence-electron chi connectivity index (χ2n) is 4.32. The first-order chi connectivity index (χ1) is 7.78. The normalized spacial score (nSPS) is 13.3. The van der Waals surface area contributed by atoms with Crippen molar-refractivity contribution in [2.75, 3.05) is 32.8 Å². The van der Waals surface area contributed by atoms with Crippen molar-refractivity contribution < 1.29 is 4.74 Å². The first-order valence-electron chi connectivity index (χ1n) is 6.82. The first-order valence-corrected chi connectivity index (χ1v) is 6.82. The van der Waals surface area contributed by atoms with Crippen LogP contribution in [0.15, 0.2) is 0 Å². The van der Waals surface area contributed by atoms with Gasteiger partial charge in [0.25, 0.3) is 0 Å². The SMILES string of the molecule is CCCCN(CCCC)CC(CN)OCC. The standard InChI is InChI=1S/C13H30N2O/c1-4-7-9-15(10-8-5-2)12-13(11-14)16-6-3/h13H,4-12,14H2,1-3H3. The molecule has 0 amide bonds. The van der Waals surface area contributed by atoms with E-state index in [1.54, 1.807) is 0 Å². The lowest BCUT2D eigenvalue weighted by Crippen LogP contribution is -2.39. The highest BCUT2D eigenvalue weighted by atomic mass is 16.5. The average molecular weight is 230 g/mol. The van der Waals surface area contributed by atoms with Crippen LogP contribution in [0, 0.1) is 0 Å². The van der Waals surface area contributed by atoms with E-state index in [1.807, 2.05) is 6.92 Å². The minimum Gasteiger partial charge on any atom is -0.376 e. The van der Waals surface area contributed by atoms with Crippen LogP contribution in [-0.2, 0) is 4.74 Å². The van der Waals surface area contributed by atoms with Crippen molar-refractivity contribution in [1.82, 2.24) is 4.90 Å². The van der Waals surface area contributed by atoms with Crippen molar-refractivity contribution >= 4 is 0 Å². The molecule has 0 aliphatic heterocycles. The summed E-state index contributed by atoms with van der Waals surface area (Å²) >= 11 is 0. The molecule has 1 unspecified atom stereocenters. The summed E-state index contributed by atoms with van der Waals surface area (Å²) in [5.41, 5.74) is 5.71. The fourth-order valence-electron chi connectivity index (χ4n) is 1.78. The zero-order valence-electron chi connectivity index (χ0n) is 11.4. The van der Waals surface area contributed by atoms with Crippen molar-refractivity contribution in [2.45, 2.75) is 52.6 Å². The monoisotopic (exact) mass is 230 g/mol. The molecule has 0 aromatic rings. The zero-order valence-corrected chi connectivity index (χ0v) is 11.4. The molecule has 3 nitrogen and oxygen atoms in total. The fourth-order valence-corrected chi connectivity index (χ4v) is 1.78. The Labute approximate surface area is 101 Å². The number of hydrogen-bond acceptors (Lipinski definition) is 3. The van der Waals surface area contributed by atoms with Crippen LogP contribution >= 0.6 is 0 Å². The number of ether oxygens (including phenoxy) is 1. The van der Waals surface area contributed by atoms with Crippen LogP contribution in [0.5, 0.6) is 0 Å². The van der Waals surface area contributed by atoms with Gasteiger partial charge in [0, 0.05) is 19.7 Å². The van der Waals surface area contributed by atoms with E-state index in [2.05, 4.69) is 18.7 Å². The Morgan fingerprint density at radius 3 is 2.00 bits per heavy atom. The number of unbranched alkanes of at least 4 members (excludes halogenated alkanes) is 2. The summed E-state index contributed by atoms with van der Waals surface area (Å²) in [6.07, 6.45) is 5.26. The van der Waals surface area contributed by atoms with Gasteiger partial charge in [0.15, 0.2) is 0 Å². The fraction of sp³-hybridized carbons (Fsp3) is 1.00. The molecule has 0 saturated heterocycles. The Balaban J connectivity index is 3.94. The maximum absolute atomic E-state index is 5.71. The average Bonchev–Trinajstić information content (AvgIpc) is 2.31. The molecule has 0 aliphatic rings. The molecular formula is C13H30N2O. The molecule has 98 valence electrons. The zero-order chi connectivity index (χ0) is 12.2. The van der Waals surface area contributed by atoms with Crippen LogP contribution in [-0.4, -0.2) is 43.8 Å². The second-order valence-corrected chi connectivity index (χ2v) is 4.32. The molecule has 0 rings (SSSR count). The van der Waals surface area contributed by atoms with Gasteiger partial charge in [0.1, 0.15) is 0 Å². The van der Waals surface area contributed by atoms with E-state index in [9.17, 15) is 0 Å². The molecular weight excluding hydrogens is 200 g/mol. The Kier molecular flexibility index (Phi) is 11.3. The van der Waals surface area contributed by atoms with Crippen molar-refractivity contribution in [3.05, 3.63) is 0 Å². The van der Waals surface area contributed by atoms with Crippen LogP contribution in [0.3, 0.4) is 0 Å². The minimum atomic E-state index is 0.207. The van der Waals surface area contributed by atoms with Crippen LogP contribution in [0.1, 0.15) is 46.5 Å². The van der Waals surface area contributed by atoms with E-state index in [4.69, 9.17) is 10.5 Å². The highest BCUT2D eigenvalue weighted by Gasteiger charge is 2.12. The maximum Gasteiger partial charge on any atom is 0.0823 e. The Morgan fingerprint density at radius 1 is 1.06 bits per heavy atom. The van der Waals surface area contributed by atoms with Gasteiger partial charge in [-0.05, 0) is 32.9 Å². The van der Waals surface area contributed by atoms with Gasteiger partial charge in [-0.1, -0.05) is 26.7 Å². The van der Waals surface area contributed by atoms with Crippen LogP contribution < -0.4 is 5.73 Å². The van der Waals surface area contributed by atoms with E-state index >= 15 is 0 Å². The molecule has 1 atom stereocenters. The lowest BCUT2D eigenvalue weighted by molar-refractivity contribution is 0.0385. The molecule has 2 N–H and O–H groups in total. The van der Waals surface area contributed by atoms with Crippen LogP contribution in [0.4, 0.5) is 0 Å². The van der Waals surface area contributed by atoms with E-state index in [1.165, 1.54) is 38.8 Å². The molecule has 0 radical (unpaired) electrons. The Hall–Kier alpha value is -0.120. The van der Waals surface area contributed by atoms with Crippen LogP contribution in [0.2, 0.25) is 0 Å². The third-order valence-corrected chi connectivity index (χ3v) is 2.78. The van der Waals surface area contributed by atoms with Gasteiger partial charge >= 0.3 is 0 Å². The molecule has 0 fully saturated rings. The lowest BCUT2D eigenvalue weighted by atomic mass is 10.2. The van der Waals surface area contributed by atoms with Gasteiger partial charge in [0.05, 0.1) is 6.10 Å². The van der Waals surface area contributed by atoms with Crippen molar-refractivity contribution in [1.29, 1.82) is 0 Å². The summed E-state index contributed by atoms with van der Waals surface area (Å²) < 4.78 is 5.61. The Morgan fingerprint density at radius 2 is 1.62 bits per heavy atom. The largest absolute Gasteiger partial charge is 0.376 e. The number of rotatable bonds is 11. The van der Waals surface area contributed by atoms with Gasteiger partial charge in [-0.3, -0.25) is 0 Å². The van der Waals surface area contributed by atoms with Crippen LogP contribution in [0.25, 0.3) is 0 Å². The number of nitrogens with zero attached hydrogens (tertiary/aromatic N) is 1.